The molecule has 38 heavy (non-hydrogen) atoms. The minimum absolute atomic E-state index is 0.229. The fourth-order valence-electron chi connectivity index (χ4n) is 4.59. The van der Waals surface area contributed by atoms with Gasteiger partial charge in [-0.25, -0.2) is 4.98 Å². The van der Waals surface area contributed by atoms with Gasteiger partial charge in [0.05, 0.1) is 35.2 Å². The van der Waals surface area contributed by atoms with Crippen molar-refractivity contribution in [1.82, 2.24) is 9.55 Å². The van der Waals surface area contributed by atoms with E-state index >= 15 is 0 Å². The second-order valence-corrected chi connectivity index (χ2v) is 10.9. The van der Waals surface area contributed by atoms with Gasteiger partial charge in [-0.15, -0.1) is 11.3 Å². The van der Waals surface area contributed by atoms with Crippen molar-refractivity contribution < 1.29 is 22.7 Å². The number of carbonyl (C=O) groups excluding carboxylic acids is 1. The van der Waals surface area contributed by atoms with Gasteiger partial charge < -0.3 is 10.1 Å². The average molecular weight is 560 g/mol. The third-order valence-corrected chi connectivity index (χ3v) is 8.48. The maximum absolute atomic E-state index is 13.9. The number of hydrogen-bond acceptors (Lipinski definition) is 6. The minimum atomic E-state index is -4.60. The van der Waals surface area contributed by atoms with Gasteiger partial charge in [-0.1, -0.05) is 36.4 Å². The number of methoxy groups -OCH3 is 1. The number of alkyl halides is 3. The van der Waals surface area contributed by atoms with E-state index in [1.165, 1.54) is 46.1 Å². The summed E-state index contributed by atoms with van der Waals surface area (Å²) in [7, 11) is 1.53. The van der Waals surface area contributed by atoms with Crippen molar-refractivity contribution in [3.8, 4) is 11.4 Å². The number of halogens is 3. The molecule has 2 aromatic carbocycles. The molecule has 0 aliphatic heterocycles. The van der Waals surface area contributed by atoms with Crippen molar-refractivity contribution in [2.45, 2.75) is 43.4 Å². The number of thiophene rings is 1. The van der Waals surface area contributed by atoms with E-state index in [9.17, 15) is 22.8 Å². The van der Waals surface area contributed by atoms with Crippen LogP contribution in [0.3, 0.4) is 0 Å². The van der Waals surface area contributed by atoms with Gasteiger partial charge in [-0.2, -0.15) is 13.2 Å². The third-order valence-electron chi connectivity index (χ3n) is 6.36. The number of aryl methyl sites for hydroxylation is 2. The Morgan fingerprint density at radius 2 is 1.92 bits per heavy atom. The molecule has 0 spiro atoms. The lowest BCUT2D eigenvalue weighted by atomic mass is 10.1. The van der Waals surface area contributed by atoms with Crippen LogP contribution in [0, 0.1) is 0 Å². The molecule has 0 saturated heterocycles. The standard InChI is InChI=1S/C27H24F3N3O3S2/c1-36-17-9-7-8-16(14-17)33-25(35)23-18-10-3-2-4-13-21(18)38-24(23)32-26(33)37-15-22(34)31-20-12-6-5-11-19(20)27(28,29)30/h5-9,11-12,14H,2-4,10,13,15H2,1H3,(H,31,34). The van der Waals surface area contributed by atoms with Crippen LogP contribution in [0.1, 0.15) is 35.3 Å². The van der Waals surface area contributed by atoms with Crippen LogP contribution in [-0.2, 0) is 23.8 Å². The van der Waals surface area contributed by atoms with Gasteiger partial charge in [0, 0.05) is 10.9 Å². The first-order valence-corrected chi connectivity index (χ1v) is 13.9. The molecular weight excluding hydrogens is 535 g/mol. The lowest BCUT2D eigenvalue weighted by Gasteiger charge is -2.15. The number of fused-ring (bicyclic) bond motifs is 3. The summed E-state index contributed by atoms with van der Waals surface area (Å²) < 4.78 is 46.9. The van der Waals surface area contributed by atoms with E-state index in [1.807, 2.05) is 0 Å². The van der Waals surface area contributed by atoms with Crippen molar-refractivity contribution in [3.05, 3.63) is 74.9 Å². The van der Waals surface area contributed by atoms with Gasteiger partial charge in [0.1, 0.15) is 10.6 Å². The Balaban J connectivity index is 1.52. The molecule has 2 heterocycles. The van der Waals surface area contributed by atoms with Crippen LogP contribution in [0.5, 0.6) is 5.75 Å². The van der Waals surface area contributed by atoms with Crippen molar-refractivity contribution in [3.63, 3.8) is 0 Å². The van der Waals surface area contributed by atoms with Gasteiger partial charge in [0.15, 0.2) is 5.16 Å². The summed E-state index contributed by atoms with van der Waals surface area (Å²) in [6, 6.07) is 11.8. The smallest absolute Gasteiger partial charge is 0.418 e. The topological polar surface area (TPSA) is 73.2 Å². The van der Waals surface area contributed by atoms with E-state index in [4.69, 9.17) is 9.72 Å². The highest BCUT2D eigenvalue weighted by Gasteiger charge is 2.33. The molecule has 2 aromatic heterocycles. The molecule has 0 radical (unpaired) electrons. The summed E-state index contributed by atoms with van der Waals surface area (Å²) in [4.78, 5) is 33.2. The molecule has 198 valence electrons. The van der Waals surface area contributed by atoms with Gasteiger partial charge in [-0.05, 0) is 55.5 Å². The zero-order valence-corrected chi connectivity index (χ0v) is 22.1. The number of thioether (sulfide) groups is 1. The predicted octanol–water partition coefficient (Wildman–Crippen LogP) is 6.47. The molecule has 1 aliphatic carbocycles. The van der Waals surface area contributed by atoms with Crippen LogP contribution < -0.4 is 15.6 Å². The number of amides is 1. The van der Waals surface area contributed by atoms with E-state index in [0.717, 1.165) is 55.5 Å². The molecule has 5 rings (SSSR count). The first-order valence-electron chi connectivity index (χ1n) is 12.1. The lowest BCUT2D eigenvalue weighted by molar-refractivity contribution is -0.137. The number of nitrogens with one attached hydrogen (secondary N) is 1. The van der Waals surface area contributed by atoms with Gasteiger partial charge in [0.25, 0.3) is 5.56 Å². The van der Waals surface area contributed by atoms with Crippen LogP contribution in [0.2, 0.25) is 0 Å². The second-order valence-electron chi connectivity index (χ2n) is 8.86. The number of para-hydroxylation sites is 1. The summed E-state index contributed by atoms with van der Waals surface area (Å²) in [6.45, 7) is 0. The number of benzene rings is 2. The first-order chi connectivity index (χ1) is 18.3. The van der Waals surface area contributed by atoms with Crippen LogP contribution in [0.4, 0.5) is 18.9 Å². The van der Waals surface area contributed by atoms with Crippen LogP contribution in [-0.4, -0.2) is 28.3 Å². The third kappa shape index (κ3) is 5.30. The molecule has 4 aromatic rings. The molecule has 0 unspecified atom stereocenters. The molecule has 11 heteroatoms. The molecule has 0 fully saturated rings. The molecule has 1 amide bonds. The molecule has 1 aliphatic rings. The molecular formula is C27H24F3N3O3S2. The number of carbonyl (C=O) groups is 1. The normalized spacial score (nSPS) is 13.7. The maximum atomic E-state index is 13.9. The van der Waals surface area contributed by atoms with E-state index in [-0.39, 0.29) is 22.2 Å². The van der Waals surface area contributed by atoms with E-state index in [2.05, 4.69) is 5.32 Å². The number of rotatable bonds is 6. The van der Waals surface area contributed by atoms with Crippen LogP contribution in [0.25, 0.3) is 15.9 Å². The largest absolute Gasteiger partial charge is 0.497 e. The van der Waals surface area contributed by atoms with Crippen molar-refractivity contribution in [2.24, 2.45) is 0 Å². The SMILES string of the molecule is COc1cccc(-n2c(SCC(=O)Nc3ccccc3C(F)(F)F)nc3sc4c(c3c2=O)CCCCC4)c1. The Morgan fingerprint density at radius 1 is 1.13 bits per heavy atom. The van der Waals surface area contributed by atoms with Crippen LogP contribution >= 0.6 is 23.1 Å². The summed E-state index contributed by atoms with van der Waals surface area (Å²) in [5, 5.41) is 3.23. The van der Waals surface area contributed by atoms with Crippen LogP contribution in [0.15, 0.2) is 58.5 Å². The van der Waals surface area contributed by atoms with Gasteiger partial charge in [0.2, 0.25) is 5.91 Å². The quantitative estimate of drug-likeness (QED) is 0.166. The Bertz CT molecular complexity index is 1560. The monoisotopic (exact) mass is 559 g/mol. The summed E-state index contributed by atoms with van der Waals surface area (Å²) in [5.41, 5.74) is 0.109. The summed E-state index contributed by atoms with van der Waals surface area (Å²) >= 11 is 2.51. The van der Waals surface area contributed by atoms with E-state index in [0.29, 0.717) is 21.7 Å². The minimum Gasteiger partial charge on any atom is -0.497 e. The van der Waals surface area contributed by atoms with E-state index < -0.39 is 17.6 Å². The second kappa shape index (κ2) is 10.8. The molecule has 1 N–H and O–H groups in total. The highest BCUT2D eigenvalue weighted by molar-refractivity contribution is 7.99. The fraction of sp³-hybridized carbons (Fsp3) is 0.296. The molecule has 0 saturated carbocycles. The lowest BCUT2D eigenvalue weighted by Crippen LogP contribution is -2.23. The highest BCUT2D eigenvalue weighted by atomic mass is 32.2. The molecule has 0 atom stereocenters. The maximum Gasteiger partial charge on any atom is 0.418 e. The zero-order valence-electron chi connectivity index (χ0n) is 20.4. The van der Waals surface area contributed by atoms with Gasteiger partial charge >= 0.3 is 6.18 Å². The van der Waals surface area contributed by atoms with E-state index in [1.54, 1.807) is 24.3 Å². The summed E-state index contributed by atoms with van der Waals surface area (Å²) in [6.07, 6.45) is 0.295. The Hall–Kier alpha value is -3.31. The van der Waals surface area contributed by atoms with Gasteiger partial charge in [-0.3, -0.25) is 14.2 Å². The molecule has 6 nitrogen and oxygen atoms in total. The Kier molecular flexibility index (Phi) is 7.49. The Morgan fingerprint density at radius 3 is 2.71 bits per heavy atom. The number of anilines is 1. The predicted molar refractivity (Wildman–Crippen MR) is 144 cm³/mol. The van der Waals surface area contributed by atoms with Crippen molar-refractivity contribution >= 4 is 44.9 Å². The van der Waals surface area contributed by atoms with Crippen molar-refractivity contribution in [2.75, 3.05) is 18.2 Å². The average Bonchev–Trinajstić information content (AvgIpc) is 3.08. The number of nitrogens with zero attached hydrogens (tertiary/aromatic N) is 2. The summed E-state index contributed by atoms with van der Waals surface area (Å²) in [5.74, 6) is -0.324. The number of aromatic nitrogens is 2. The molecule has 0 bridgehead atoms. The first kappa shape index (κ1) is 26.3. The number of hydrogen-bond donors (Lipinski definition) is 1. The highest BCUT2D eigenvalue weighted by Crippen LogP contribution is 2.36. The fourth-order valence-corrected chi connectivity index (χ4v) is 6.71. The Labute approximate surface area is 224 Å². The number of ether oxygens (including phenoxy) is 1. The van der Waals surface area contributed by atoms with Crippen molar-refractivity contribution in [1.29, 1.82) is 0 Å². The zero-order chi connectivity index (χ0) is 26.9.